The average Bonchev–Trinajstić information content (AvgIpc) is 3.01. The largest absolute Gasteiger partial charge is 0.390 e. The van der Waals surface area contributed by atoms with E-state index in [1.54, 1.807) is 29.2 Å². The van der Waals surface area contributed by atoms with Crippen LogP contribution < -0.4 is 0 Å². The smallest absolute Gasteiger partial charge is 0.240 e. The number of amides is 1. The molecular weight excluding hydrogens is 380 g/mol. The molecule has 1 saturated heterocycles. The van der Waals surface area contributed by atoms with Crippen LogP contribution in [0.25, 0.3) is 0 Å². The highest BCUT2D eigenvalue weighted by Crippen LogP contribution is 2.20. The maximum absolute atomic E-state index is 12.4. The summed E-state index contributed by atoms with van der Waals surface area (Å²) in [7, 11) is 0. The zero-order valence-electron chi connectivity index (χ0n) is 16.8. The topological polar surface area (TPSA) is 91.0 Å². The molecule has 1 fully saturated rings. The molecule has 7 heteroatoms. The van der Waals surface area contributed by atoms with Gasteiger partial charge in [0.25, 0.3) is 0 Å². The normalized spacial score (nSPS) is 20.8. The molecular formula is C23H26N4O3. The van der Waals surface area contributed by atoms with Gasteiger partial charge in [0.05, 0.1) is 24.3 Å². The molecule has 2 heterocycles. The van der Waals surface area contributed by atoms with Crippen molar-refractivity contribution in [2.75, 3.05) is 26.2 Å². The summed E-state index contributed by atoms with van der Waals surface area (Å²) in [6, 6.07) is 17.4. The summed E-state index contributed by atoms with van der Waals surface area (Å²) >= 11 is 0. The average molecular weight is 406 g/mol. The molecule has 156 valence electrons. The second kappa shape index (κ2) is 8.94. The number of β-amino-alcohol motifs (C(OH)–C–C–N with tert-alkyl or cyclic N) is 1. The lowest BCUT2D eigenvalue weighted by Gasteiger charge is -2.32. The first kappa shape index (κ1) is 20.5. The lowest BCUT2D eigenvalue weighted by atomic mass is 10.00. The fraction of sp³-hybridized carbons (Fsp3) is 0.391. The Morgan fingerprint density at radius 1 is 1.07 bits per heavy atom. The number of aliphatic hydroxyl groups excluding tert-OH is 2. The van der Waals surface area contributed by atoms with Crippen LogP contribution in [0.5, 0.6) is 0 Å². The zero-order chi connectivity index (χ0) is 21.1. The summed E-state index contributed by atoms with van der Waals surface area (Å²) in [5, 5.41) is 30.1. The van der Waals surface area contributed by atoms with E-state index < -0.39 is 12.5 Å². The van der Waals surface area contributed by atoms with Crippen molar-refractivity contribution in [3.8, 4) is 6.07 Å². The van der Waals surface area contributed by atoms with Crippen molar-refractivity contribution < 1.29 is 15.0 Å². The van der Waals surface area contributed by atoms with Crippen LogP contribution in [0.2, 0.25) is 0 Å². The van der Waals surface area contributed by atoms with E-state index in [4.69, 9.17) is 5.26 Å². The summed E-state index contributed by atoms with van der Waals surface area (Å²) in [4.78, 5) is 17.6. The quantitative estimate of drug-likeness (QED) is 0.741. The number of nitriles is 1. The third kappa shape index (κ3) is 4.53. The van der Waals surface area contributed by atoms with E-state index in [1.165, 1.54) is 16.0 Å². The van der Waals surface area contributed by atoms with Crippen molar-refractivity contribution in [3.63, 3.8) is 0 Å². The number of hydrogen-bond donors (Lipinski definition) is 2. The van der Waals surface area contributed by atoms with Gasteiger partial charge in [-0.2, -0.15) is 5.26 Å². The van der Waals surface area contributed by atoms with E-state index in [1.807, 2.05) is 6.07 Å². The van der Waals surface area contributed by atoms with Gasteiger partial charge in [-0.05, 0) is 35.2 Å². The highest BCUT2D eigenvalue weighted by atomic mass is 16.3. The summed E-state index contributed by atoms with van der Waals surface area (Å²) in [5.41, 5.74) is 4.05. The van der Waals surface area contributed by atoms with Crippen molar-refractivity contribution >= 4 is 5.91 Å². The first-order valence-corrected chi connectivity index (χ1v) is 10.2. The number of rotatable bonds is 6. The maximum atomic E-state index is 12.4. The fourth-order valence-electron chi connectivity index (χ4n) is 4.22. The lowest BCUT2D eigenvalue weighted by molar-refractivity contribution is -0.136. The van der Waals surface area contributed by atoms with Crippen LogP contribution >= 0.6 is 0 Å². The lowest BCUT2D eigenvalue weighted by Crippen LogP contribution is -2.45. The molecule has 2 aromatic rings. The molecule has 2 aliphatic heterocycles. The monoisotopic (exact) mass is 406 g/mol. The van der Waals surface area contributed by atoms with Crippen LogP contribution in [0, 0.1) is 11.3 Å². The van der Waals surface area contributed by atoms with Crippen LogP contribution in [-0.4, -0.2) is 69.5 Å². The van der Waals surface area contributed by atoms with Crippen molar-refractivity contribution in [2.24, 2.45) is 0 Å². The minimum absolute atomic E-state index is 0.0807. The van der Waals surface area contributed by atoms with Crippen molar-refractivity contribution in [1.29, 1.82) is 5.26 Å². The van der Waals surface area contributed by atoms with Gasteiger partial charge in [0.2, 0.25) is 5.91 Å². The van der Waals surface area contributed by atoms with E-state index >= 15 is 0 Å². The van der Waals surface area contributed by atoms with Gasteiger partial charge >= 0.3 is 0 Å². The van der Waals surface area contributed by atoms with Crippen molar-refractivity contribution in [3.05, 3.63) is 70.8 Å². The number of carbonyl (C=O) groups is 1. The molecule has 0 spiro atoms. The molecule has 0 aromatic heterocycles. The molecule has 2 atom stereocenters. The third-order valence-corrected chi connectivity index (χ3v) is 5.82. The Labute approximate surface area is 176 Å². The first-order chi connectivity index (χ1) is 14.5. The molecule has 0 aliphatic carbocycles. The van der Waals surface area contributed by atoms with Gasteiger partial charge < -0.3 is 10.2 Å². The third-order valence-electron chi connectivity index (χ3n) is 5.82. The molecule has 30 heavy (non-hydrogen) atoms. The molecule has 0 bridgehead atoms. The predicted octanol–water partition coefficient (Wildman–Crippen LogP) is 0.898. The molecule has 2 aromatic carbocycles. The maximum Gasteiger partial charge on any atom is 0.240 e. The number of aliphatic hydroxyl groups is 2. The van der Waals surface area contributed by atoms with Gasteiger partial charge in [-0.1, -0.05) is 36.4 Å². The standard InChI is InChI=1S/C23H26N4O3/c24-11-17-5-7-18(8-6-17)12-27-22(29)16-26(23(27)30)15-21(28)14-25-10-9-19-3-1-2-4-20(19)13-25/h1-8,21,23,28,30H,9-10,12-16H2. The SMILES string of the molecule is N#Cc1ccc(CN2C(=O)CN(CC(O)CN3CCc4ccccc4C3)C2O)cc1. The molecule has 2 aliphatic rings. The van der Waals surface area contributed by atoms with Crippen LogP contribution in [0.3, 0.4) is 0 Å². The number of benzene rings is 2. The molecule has 0 radical (unpaired) electrons. The molecule has 0 saturated carbocycles. The van der Waals surface area contributed by atoms with Crippen molar-refractivity contribution in [2.45, 2.75) is 32.0 Å². The van der Waals surface area contributed by atoms with E-state index in [-0.39, 0.29) is 25.5 Å². The minimum Gasteiger partial charge on any atom is -0.390 e. The Kier molecular flexibility index (Phi) is 6.11. The summed E-state index contributed by atoms with van der Waals surface area (Å²) in [6.45, 7) is 2.77. The highest BCUT2D eigenvalue weighted by Gasteiger charge is 2.37. The Morgan fingerprint density at radius 3 is 2.53 bits per heavy atom. The number of nitrogens with zero attached hydrogens (tertiary/aromatic N) is 4. The second-order valence-electron chi connectivity index (χ2n) is 8.01. The zero-order valence-corrected chi connectivity index (χ0v) is 16.8. The van der Waals surface area contributed by atoms with Crippen LogP contribution in [0.4, 0.5) is 0 Å². The van der Waals surface area contributed by atoms with Gasteiger partial charge in [0, 0.05) is 32.7 Å². The van der Waals surface area contributed by atoms with E-state index in [9.17, 15) is 15.0 Å². The Hall–Kier alpha value is -2.76. The summed E-state index contributed by atoms with van der Waals surface area (Å²) in [5.74, 6) is -0.175. The van der Waals surface area contributed by atoms with Gasteiger partial charge in [0.15, 0.2) is 6.35 Å². The Morgan fingerprint density at radius 2 is 1.80 bits per heavy atom. The van der Waals surface area contributed by atoms with E-state index in [0.29, 0.717) is 12.1 Å². The number of fused-ring (bicyclic) bond motifs is 1. The van der Waals surface area contributed by atoms with Crippen molar-refractivity contribution in [1.82, 2.24) is 14.7 Å². The van der Waals surface area contributed by atoms with Gasteiger partial charge in [-0.25, -0.2) is 4.90 Å². The number of carbonyl (C=O) groups excluding carboxylic acids is 1. The molecule has 1 amide bonds. The molecule has 7 nitrogen and oxygen atoms in total. The number of hydrogen-bond acceptors (Lipinski definition) is 6. The molecule has 2 unspecified atom stereocenters. The summed E-state index contributed by atoms with van der Waals surface area (Å²) < 4.78 is 0. The van der Waals surface area contributed by atoms with Crippen LogP contribution in [0.1, 0.15) is 22.3 Å². The fourth-order valence-corrected chi connectivity index (χ4v) is 4.22. The second-order valence-corrected chi connectivity index (χ2v) is 8.01. The Bertz CT molecular complexity index is 940. The molecule has 4 rings (SSSR count). The van der Waals surface area contributed by atoms with Gasteiger partial charge in [-0.3, -0.25) is 14.6 Å². The first-order valence-electron chi connectivity index (χ1n) is 10.2. The molecule has 2 N–H and O–H groups in total. The minimum atomic E-state index is -1.06. The van der Waals surface area contributed by atoms with Crippen LogP contribution in [0.15, 0.2) is 48.5 Å². The van der Waals surface area contributed by atoms with Gasteiger partial charge in [0.1, 0.15) is 0 Å². The summed E-state index contributed by atoms with van der Waals surface area (Å²) in [6.07, 6.45) is -0.760. The van der Waals surface area contributed by atoms with Crippen LogP contribution in [-0.2, 0) is 24.3 Å². The highest BCUT2D eigenvalue weighted by molar-refractivity contribution is 5.80. The van der Waals surface area contributed by atoms with Gasteiger partial charge in [-0.15, -0.1) is 0 Å². The van der Waals surface area contributed by atoms with E-state index in [2.05, 4.69) is 29.2 Å². The van der Waals surface area contributed by atoms with E-state index in [0.717, 1.165) is 25.1 Å². The predicted molar refractivity (Wildman–Crippen MR) is 111 cm³/mol. The Balaban J connectivity index is 1.31.